The summed E-state index contributed by atoms with van der Waals surface area (Å²) in [7, 11) is 0. The van der Waals surface area contributed by atoms with Gasteiger partial charge in [0, 0.05) is 9.99 Å². The van der Waals surface area contributed by atoms with Gasteiger partial charge in [-0.1, -0.05) is 34.1 Å². The molecule has 0 bridgehead atoms. The molecule has 3 aromatic rings. The Bertz CT molecular complexity index is 981. The number of amides is 1. The Balaban J connectivity index is 1.59. The summed E-state index contributed by atoms with van der Waals surface area (Å²) in [4.78, 5) is 26.4. The molecule has 0 spiro atoms. The number of fused-ring (bicyclic) bond motifs is 1. The molecule has 25 heavy (non-hydrogen) atoms. The maximum Gasteiger partial charge on any atom is 0.277 e. The molecule has 2 aromatic carbocycles. The van der Waals surface area contributed by atoms with E-state index in [1.165, 1.54) is 6.21 Å². The Labute approximate surface area is 151 Å². The molecule has 0 aliphatic carbocycles. The second kappa shape index (κ2) is 7.76. The number of carbonyl (C=O) groups is 1. The Hall–Kier alpha value is -2.93. The molecule has 1 heterocycles. The van der Waals surface area contributed by atoms with Gasteiger partial charge in [0.1, 0.15) is 5.75 Å². The number of aromatic amines is 1. The second-order valence-electron chi connectivity index (χ2n) is 5.18. The predicted octanol–water partition coefficient (Wildman–Crippen LogP) is 2.82. The fraction of sp³-hybridized carbons (Fsp3) is 0.0556. The lowest BCUT2D eigenvalue weighted by molar-refractivity contribution is -0.123. The summed E-state index contributed by atoms with van der Waals surface area (Å²) in [5.74, 6) is 0.157. The lowest BCUT2D eigenvalue weighted by Crippen LogP contribution is -2.25. The van der Waals surface area contributed by atoms with E-state index in [1.54, 1.807) is 18.2 Å². The Morgan fingerprint density at radius 1 is 1.20 bits per heavy atom. The minimum atomic E-state index is -0.420. The molecular weight excluding hydrogens is 386 g/mol. The fourth-order valence-corrected chi connectivity index (χ4v) is 2.41. The van der Waals surface area contributed by atoms with Crippen molar-refractivity contribution in [3.8, 4) is 5.75 Å². The zero-order chi connectivity index (χ0) is 17.6. The first kappa shape index (κ1) is 16.9. The van der Waals surface area contributed by atoms with E-state index in [2.05, 4.69) is 31.4 Å². The van der Waals surface area contributed by atoms with Crippen molar-refractivity contribution >= 4 is 39.0 Å². The van der Waals surface area contributed by atoms with E-state index in [-0.39, 0.29) is 12.2 Å². The topological polar surface area (TPSA) is 83.5 Å². The lowest BCUT2D eigenvalue weighted by atomic mass is 10.2. The molecular formula is C18H14BrN3O3. The Kier molecular flexibility index (Phi) is 5.25. The zero-order valence-electron chi connectivity index (χ0n) is 13.0. The number of halogens is 1. The number of nitrogens with one attached hydrogen (secondary N) is 2. The summed E-state index contributed by atoms with van der Waals surface area (Å²) in [6.07, 6.45) is 1.31. The zero-order valence-corrected chi connectivity index (χ0v) is 14.6. The molecule has 1 aromatic heterocycles. The molecule has 0 radical (unpaired) electrons. The molecule has 0 aliphatic rings. The number of hydrogen-bond donors (Lipinski definition) is 2. The van der Waals surface area contributed by atoms with Crippen molar-refractivity contribution in [3.05, 3.63) is 75.0 Å². The number of hydrazone groups is 1. The number of hydrogen-bond acceptors (Lipinski definition) is 4. The number of nitrogens with zero attached hydrogens (tertiary/aromatic N) is 1. The highest BCUT2D eigenvalue weighted by Gasteiger charge is 2.03. The summed E-state index contributed by atoms with van der Waals surface area (Å²) >= 11 is 3.32. The van der Waals surface area contributed by atoms with Crippen molar-refractivity contribution in [2.75, 3.05) is 6.61 Å². The van der Waals surface area contributed by atoms with Crippen molar-refractivity contribution in [2.45, 2.75) is 0 Å². The van der Waals surface area contributed by atoms with E-state index in [4.69, 9.17) is 4.74 Å². The average molecular weight is 400 g/mol. The summed E-state index contributed by atoms with van der Waals surface area (Å²) in [6.45, 7) is -0.174. The van der Waals surface area contributed by atoms with Gasteiger partial charge in [-0.05, 0) is 41.8 Å². The molecule has 0 saturated heterocycles. The highest BCUT2D eigenvalue weighted by atomic mass is 79.9. The number of carbonyl (C=O) groups excluding carboxylic acids is 1. The number of aromatic nitrogens is 1. The van der Waals surface area contributed by atoms with E-state index in [1.807, 2.05) is 36.4 Å². The number of rotatable bonds is 5. The van der Waals surface area contributed by atoms with Crippen LogP contribution in [-0.2, 0) is 4.79 Å². The number of benzene rings is 2. The van der Waals surface area contributed by atoms with E-state index < -0.39 is 5.91 Å². The second-order valence-corrected chi connectivity index (χ2v) is 6.09. The first-order chi connectivity index (χ1) is 12.1. The third-order valence-corrected chi connectivity index (χ3v) is 3.89. The minimum Gasteiger partial charge on any atom is -0.484 e. The number of pyridine rings is 1. The monoisotopic (exact) mass is 399 g/mol. The normalized spacial score (nSPS) is 10.9. The minimum absolute atomic E-state index is 0.174. The lowest BCUT2D eigenvalue weighted by Gasteiger charge is -2.04. The quantitative estimate of drug-likeness (QED) is 0.510. The maximum atomic E-state index is 12.0. The molecule has 1 amide bonds. The fourth-order valence-electron chi connectivity index (χ4n) is 2.15. The molecule has 126 valence electrons. The molecule has 0 fully saturated rings. The number of ether oxygens (including phenoxy) is 1. The summed E-state index contributed by atoms with van der Waals surface area (Å²) in [6, 6.07) is 16.3. The summed E-state index contributed by atoms with van der Waals surface area (Å²) in [5.41, 5.74) is 3.16. The third-order valence-electron chi connectivity index (χ3n) is 3.36. The van der Waals surface area contributed by atoms with E-state index in [0.29, 0.717) is 11.3 Å². The molecule has 6 nitrogen and oxygen atoms in total. The highest BCUT2D eigenvalue weighted by molar-refractivity contribution is 9.10. The van der Waals surface area contributed by atoms with Crippen molar-refractivity contribution in [1.29, 1.82) is 0 Å². The largest absolute Gasteiger partial charge is 0.484 e. The van der Waals surface area contributed by atoms with Gasteiger partial charge in [0.2, 0.25) is 0 Å². The highest BCUT2D eigenvalue weighted by Crippen LogP contribution is 2.15. The maximum absolute atomic E-state index is 12.0. The van der Waals surface area contributed by atoms with E-state index in [9.17, 15) is 9.59 Å². The van der Waals surface area contributed by atoms with Crippen molar-refractivity contribution in [3.63, 3.8) is 0 Å². The molecule has 0 aliphatic heterocycles. The number of para-hydroxylation sites is 1. The SMILES string of the molecule is O=C(COc1ccc(Br)cc1)NN=Cc1cc2ccccc2[nH]c1=O. The Morgan fingerprint density at radius 2 is 1.96 bits per heavy atom. The predicted molar refractivity (Wildman–Crippen MR) is 99.9 cm³/mol. The van der Waals surface area contributed by atoms with Crippen LogP contribution in [0.15, 0.2) is 69.0 Å². The van der Waals surface area contributed by atoms with Crippen LogP contribution in [-0.4, -0.2) is 23.7 Å². The average Bonchev–Trinajstić information content (AvgIpc) is 2.61. The molecule has 2 N–H and O–H groups in total. The molecule has 0 atom stereocenters. The molecule has 3 rings (SSSR count). The van der Waals surface area contributed by atoms with E-state index >= 15 is 0 Å². The van der Waals surface area contributed by atoms with Crippen LogP contribution < -0.4 is 15.7 Å². The first-order valence-electron chi connectivity index (χ1n) is 7.44. The smallest absolute Gasteiger partial charge is 0.277 e. The van der Waals surface area contributed by atoms with Gasteiger partial charge >= 0.3 is 0 Å². The van der Waals surface area contributed by atoms with Crippen LogP contribution in [0.3, 0.4) is 0 Å². The van der Waals surface area contributed by atoms with Crippen LogP contribution in [0.4, 0.5) is 0 Å². The molecule has 0 unspecified atom stereocenters. The van der Waals surface area contributed by atoms with Crippen LogP contribution in [0.1, 0.15) is 5.56 Å². The summed E-state index contributed by atoms with van der Waals surface area (Å²) < 4.78 is 6.26. The van der Waals surface area contributed by atoms with Gasteiger partial charge in [-0.2, -0.15) is 5.10 Å². The first-order valence-corrected chi connectivity index (χ1v) is 8.23. The summed E-state index contributed by atoms with van der Waals surface area (Å²) in [5, 5.41) is 4.69. The Morgan fingerprint density at radius 3 is 2.76 bits per heavy atom. The van der Waals surface area contributed by atoms with Crippen molar-refractivity contribution < 1.29 is 9.53 Å². The van der Waals surface area contributed by atoms with Crippen molar-refractivity contribution in [1.82, 2.24) is 10.4 Å². The van der Waals surface area contributed by atoms with Crippen LogP contribution >= 0.6 is 15.9 Å². The van der Waals surface area contributed by atoms with Crippen LogP contribution in [0.2, 0.25) is 0 Å². The molecule has 0 saturated carbocycles. The van der Waals surface area contributed by atoms with Crippen molar-refractivity contribution in [2.24, 2.45) is 5.10 Å². The van der Waals surface area contributed by atoms with Gasteiger partial charge < -0.3 is 9.72 Å². The van der Waals surface area contributed by atoms with E-state index in [0.717, 1.165) is 15.4 Å². The van der Waals surface area contributed by atoms with Crippen LogP contribution in [0.25, 0.3) is 10.9 Å². The van der Waals surface area contributed by atoms with Gasteiger partial charge in [-0.25, -0.2) is 5.43 Å². The van der Waals surface area contributed by atoms with Gasteiger partial charge in [-0.3, -0.25) is 9.59 Å². The third kappa shape index (κ3) is 4.54. The van der Waals surface area contributed by atoms with Gasteiger partial charge in [0.15, 0.2) is 6.61 Å². The number of H-pyrrole nitrogens is 1. The molecule has 7 heteroatoms. The van der Waals surface area contributed by atoms with Gasteiger partial charge in [0.05, 0.1) is 11.8 Å². The van der Waals surface area contributed by atoms with Crippen LogP contribution in [0.5, 0.6) is 5.75 Å². The standard InChI is InChI=1S/C18H14BrN3O3/c19-14-5-7-15(8-6-14)25-11-17(23)22-20-10-13-9-12-3-1-2-4-16(12)21-18(13)24/h1-10H,11H2,(H,21,24)(H,22,23). The van der Waals surface area contributed by atoms with Gasteiger partial charge in [-0.15, -0.1) is 0 Å². The van der Waals surface area contributed by atoms with Crippen LogP contribution in [0, 0.1) is 0 Å². The van der Waals surface area contributed by atoms with Gasteiger partial charge in [0.25, 0.3) is 11.5 Å².